The molecule has 8 heteroatoms. The van der Waals surface area contributed by atoms with Crippen LogP contribution < -0.4 is 10.0 Å². The molecule has 3 aromatic carbocycles. The molecule has 0 fully saturated rings. The molecule has 0 aromatic heterocycles. The van der Waals surface area contributed by atoms with Crippen molar-refractivity contribution in [2.45, 2.75) is 18.7 Å². The number of rotatable bonds is 5. The van der Waals surface area contributed by atoms with Crippen LogP contribution in [0.5, 0.6) is 0 Å². The number of carbonyl (C=O) groups is 1. The number of anilines is 2. The van der Waals surface area contributed by atoms with Gasteiger partial charge in [-0.05, 0) is 61.9 Å². The van der Waals surface area contributed by atoms with Crippen LogP contribution in [0.25, 0.3) is 0 Å². The van der Waals surface area contributed by atoms with Crippen molar-refractivity contribution in [3.8, 4) is 0 Å². The maximum atomic E-state index is 12.6. The summed E-state index contributed by atoms with van der Waals surface area (Å²) >= 11 is 12.0. The number of aryl methyl sites for hydroxylation is 2. The minimum Gasteiger partial charge on any atom is -0.322 e. The molecule has 0 atom stereocenters. The standard InChI is InChI=1S/C21H18Cl2N2O3S/c1-13-6-7-14(2)17(12-13)21(26)24-15-8-10-16(11-9-15)29(27,28)25-19-5-3-4-18(22)20(19)23/h3-12,25H,1-2H3,(H,24,26). The monoisotopic (exact) mass is 448 g/mol. The van der Waals surface area contributed by atoms with Gasteiger partial charge in [-0.2, -0.15) is 0 Å². The smallest absolute Gasteiger partial charge is 0.261 e. The summed E-state index contributed by atoms with van der Waals surface area (Å²) in [5.74, 6) is -0.259. The van der Waals surface area contributed by atoms with Gasteiger partial charge >= 0.3 is 0 Å². The highest BCUT2D eigenvalue weighted by atomic mass is 35.5. The van der Waals surface area contributed by atoms with Crippen LogP contribution >= 0.6 is 23.2 Å². The zero-order valence-corrected chi connectivity index (χ0v) is 18.0. The van der Waals surface area contributed by atoms with Crippen molar-refractivity contribution in [2.24, 2.45) is 0 Å². The zero-order chi connectivity index (χ0) is 21.2. The number of nitrogens with one attached hydrogen (secondary N) is 2. The van der Waals surface area contributed by atoms with Crippen molar-refractivity contribution in [1.29, 1.82) is 0 Å². The summed E-state index contributed by atoms with van der Waals surface area (Å²) in [7, 11) is -3.87. The van der Waals surface area contributed by atoms with Gasteiger partial charge in [0.1, 0.15) is 0 Å². The third-order valence-corrected chi connectivity index (χ3v) is 6.46. The molecule has 0 unspecified atom stereocenters. The number of amides is 1. The van der Waals surface area contributed by atoms with Gasteiger partial charge in [0, 0.05) is 11.3 Å². The molecule has 0 aliphatic heterocycles. The molecule has 0 spiro atoms. The van der Waals surface area contributed by atoms with Crippen LogP contribution in [0.1, 0.15) is 21.5 Å². The molecule has 29 heavy (non-hydrogen) atoms. The zero-order valence-electron chi connectivity index (χ0n) is 15.7. The van der Waals surface area contributed by atoms with Gasteiger partial charge in [-0.25, -0.2) is 8.42 Å². The van der Waals surface area contributed by atoms with Crippen LogP contribution in [-0.2, 0) is 10.0 Å². The van der Waals surface area contributed by atoms with Crippen molar-refractivity contribution in [1.82, 2.24) is 0 Å². The summed E-state index contributed by atoms with van der Waals surface area (Å²) in [5.41, 5.74) is 3.07. The first-order chi connectivity index (χ1) is 13.7. The fraction of sp³-hybridized carbons (Fsp3) is 0.0952. The first-order valence-corrected chi connectivity index (χ1v) is 10.9. The highest BCUT2D eigenvalue weighted by Gasteiger charge is 2.17. The molecule has 0 saturated heterocycles. The molecular weight excluding hydrogens is 431 g/mol. The second-order valence-electron chi connectivity index (χ2n) is 6.50. The van der Waals surface area contributed by atoms with E-state index in [0.717, 1.165) is 11.1 Å². The second kappa shape index (κ2) is 8.45. The Morgan fingerprint density at radius 2 is 1.62 bits per heavy atom. The number of halogens is 2. The molecule has 0 saturated carbocycles. The van der Waals surface area contributed by atoms with Gasteiger partial charge in [-0.3, -0.25) is 9.52 Å². The first kappa shape index (κ1) is 21.2. The number of benzene rings is 3. The van der Waals surface area contributed by atoms with E-state index in [-0.39, 0.29) is 26.5 Å². The first-order valence-electron chi connectivity index (χ1n) is 8.63. The van der Waals surface area contributed by atoms with Crippen molar-refractivity contribution in [2.75, 3.05) is 10.0 Å². The Bertz CT molecular complexity index is 1180. The van der Waals surface area contributed by atoms with E-state index in [9.17, 15) is 13.2 Å². The average Bonchev–Trinajstić information content (AvgIpc) is 2.67. The third-order valence-electron chi connectivity index (χ3n) is 4.26. The van der Waals surface area contributed by atoms with Crippen molar-refractivity contribution in [3.05, 3.63) is 87.4 Å². The van der Waals surface area contributed by atoms with Gasteiger partial charge in [-0.15, -0.1) is 0 Å². The lowest BCUT2D eigenvalue weighted by Crippen LogP contribution is -2.15. The highest BCUT2D eigenvalue weighted by Crippen LogP contribution is 2.31. The lowest BCUT2D eigenvalue weighted by atomic mass is 10.1. The molecule has 3 rings (SSSR count). The molecule has 5 nitrogen and oxygen atoms in total. The Hall–Kier alpha value is -2.54. The minimum atomic E-state index is -3.87. The summed E-state index contributed by atoms with van der Waals surface area (Å²) < 4.78 is 27.6. The Balaban J connectivity index is 1.78. The van der Waals surface area contributed by atoms with Crippen LogP contribution in [-0.4, -0.2) is 14.3 Å². The van der Waals surface area contributed by atoms with Crippen LogP contribution in [0.4, 0.5) is 11.4 Å². The highest BCUT2D eigenvalue weighted by molar-refractivity contribution is 7.92. The predicted octanol–water partition coefficient (Wildman–Crippen LogP) is 5.66. The van der Waals surface area contributed by atoms with Gasteiger partial charge < -0.3 is 5.32 Å². The SMILES string of the molecule is Cc1ccc(C)c(C(=O)Nc2ccc(S(=O)(=O)Nc3cccc(Cl)c3Cl)cc2)c1. The van der Waals surface area contributed by atoms with E-state index in [4.69, 9.17) is 23.2 Å². The summed E-state index contributed by atoms with van der Waals surface area (Å²) in [6.45, 7) is 3.77. The second-order valence-corrected chi connectivity index (χ2v) is 8.97. The Morgan fingerprint density at radius 1 is 0.931 bits per heavy atom. The van der Waals surface area contributed by atoms with E-state index in [1.165, 1.54) is 30.3 Å². The van der Waals surface area contributed by atoms with E-state index in [1.807, 2.05) is 32.0 Å². The Morgan fingerprint density at radius 3 is 2.31 bits per heavy atom. The van der Waals surface area contributed by atoms with Crippen molar-refractivity contribution < 1.29 is 13.2 Å². The molecule has 0 bridgehead atoms. The van der Waals surface area contributed by atoms with E-state index in [0.29, 0.717) is 11.3 Å². The van der Waals surface area contributed by atoms with E-state index in [2.05, 4.69) is 10.0 Å². The topological polar surface area (TPSA) is 75.3 Å². The molecule has 0 heterocycles. The lowest BCUT2D eigenvalue weighted by Gasteiger charge is -2.12. The number of carbonyl (C=O) groups excluding carboxylic acids is 1. The maximum Gasteiger partial charge on any atom is 0.261 e. The van der Waals surface area contributed by atoms with E-state index in [1.54, 1.807) is 12.1 Å². The largest absolute Gasteiger partial charge is 0.322 e. The van der Waals surface area contributed by atoms with E-state index >= 15 is 0 Å². The van der Waals surface area contributed by atoms with Gasteiger partial charge in [0.2, 0.25) is 0 Å². The molecule has 0 aliphatic rings. The van der Waals surface area contributed by atoms with Gasteiger partial charge in [-0.1, -0.05) is 47.0 Å². The number of hydrogen-bond donors (Lipinski definition) is 2. The Kier molecular flexibility index (Phi) is 6.17. The van der Waals surface area contributed by atoms with Crippen molar-refractivity contribution >= 4 is 50.5 Å². The van der Waals surface area contributed by atoms with Gasteiger partial charge in [0.05, 0.1) is 20.6 Å². The van der Waals surface area contributed by atoms with Crippen molar-refractivity contribution in [3.63, 3.8) is 0 Å². The fourth-order valence-corrected chi connectivity index (χ4v) is 4.16. The van der Waals surface area contributed by atoms with Gasteiger partial charge in [0.15, 0.2) is 0 Å². The van der Waals surface area contributed by atoms with Crippen LogP contribution in [0.15, 0.2) is 65.6 Å². The predicted molar refractivity (Wildman–Crippen MR) is 118 cm³/mol. The minimum absolute atomic E-state index is 0.0262. The van der Waals surface area contributed by atoms with Gasteiger partial charge in [0.25, 0.3) is 15.9 Å². The summed E-state index contributed by atoms with van der Waals surface area (Å²) in [5, 5.41) is 3.15. The van der Waals surface area contributed by atoms with Crippen LogP contribution in [0.3, 0.4) is 0 Å². The molecule has 0 aliphatic carbocycles. The summed E-state index contributed by atoms with van der Waals surface area (Å²) in [4.78, 5) is 12.5. The molecule has 2 N–H and O–H groups in total. The molecular formula is C21H18Cl2N2O3S. The lowest BCUT2D eigenvalue weighted by molar-refractivity contribution is 0.102. The third kappa shape index (κ3) is 4.90. The van der Waals surface area contributed by atoms with Crippen LogP contribution in [0, 0.1) is 13.8 Å². The quantitative estimate of drug-likeness (QED) is 0.528. The maximum absolute atomic E-state index is 12.6. The number of sulfonamides is 1. The number of hydrogen-bond acceptors (Lipinski definition) is 3. The Labute approximate surface area is 179 Å². The fourth-order valence-electron chi connectivity index (χ4n) is 2.68. The molecule has 150 valence electrons. The van der Waals surface area contributed by atoms with Crippen LogP contribution in [0.2, 0.25) is 10.0 Å². The molecule has 0 radical (unpaired) electrons. The van der Waals surface area contributed by atoms with E-state index < -0.39 is 10.0 Å². The molecule has 1 amide bonds. The summed E-state index contributed by atoms with van der Waals surface area (Å²) in [6, 6.07) is 16.2. The molecule has 3 aromatic rings. The summed E-state index contributed by atoms with van der Waals surface area (Å²) in [6.07, 6.45) is 0. The average molecular weight is 449 g/mol. The normalized spacial score (nSPS) is 11.2.